The zero-order valence-corrected chi connectivity index (χ0v) is 18.2. The number of carbonyl (C=O) groups is 1. The second-order valence-electron chi connectivity index (χ2n) is 6.76. The smallest absolute Gasteiger partial charge is 0.236 e. The van der Waals surface area contributed by atoms with E-state index in [0.29, 0.717) is 30.5 Å². The highest BCUT2D eigenvalue weighted by Crippen LogP contribution is 2.29. The van der Waals surface area contributed by atoms with E-state index in [4.69, 9.17) is 0 Å². The molecule has 2 aromatic rings. The van der Waals surface area contributed by atoms with Gasteiger partial charge in [0.2, 0.25) is 5.91 Å². The van der Waals surface area contributed by atoms with E-state index < -0.39 is 0 Å². The Labute approximate surface area is 180 Å². The fraction of sp³-hybridized carbons (Fsp3) is 0.333. The van der Waals surface area contributed by atoms with E-state index in [1.807, 2.05) is 26.1 Å². The summed E-state index contributed by atoms with van der Waals surface area (Å²) >= 11 is 1.57. The highest BCUT2D eigenvalue weighted by Gasteiger charge is 2.10. The van der Waals surface area contributed by atoms with Gasteiger partial charge >= 0.3 is 0 Å². The van der Waals surface area contributed by atoms with Crippen LogP contribution in [-0.4, -0.2) is 47.0 Å². The van der Waals surface area contributed by atoms with Crippen molar-refractivity contribution >= 4 is 39.6 Å². The first kappa shape index (κ1) is 21.7. The fourth-order valence-corrected chi connectivity index (χ4v) is 3.53. The van der Waals surface area contributed by atoms with Crippen LogP contribution in [0.1, 0.15) is 24.0 Å². The second-order valence-corrected chi connectivity index (χ2v) is 7.79. The van der Waals surface area contributed by atoms with E-state index in [0.717, 1.165) is 22.0 Å². The minimum absolute atomic E-state index is 0.0331. The minimum Gasteiger partial charge on any atom is -0.368 e. The number of nitrogens with zero attached hydrogens (tertiary/aromatic N) is 3. The van der Waals surface area contributed by atoms with Gasteiger partial charge in [-0.1, -0.05) is 41.7 Å². The van der Waals surface area contributed by atoms with E-state index in [1.165, 1.54) is 0 Å². The summed E-state index contributed by atoms with van der Waals surface area (Å²) in [6.07, 6.45) is 13.3. The van der Waals surface area contributed by atoms with Gasteiger partial charge in [-0.25, -0.2) is 15.0 Å². The van der Waals surface area contributed by atoms with Gasteiger partial charge in [-0.05, 0) is 32.9 Å². The summed E-state index contributed by atoms with van der Waals surface area (Å²) in [5, 5.41) is 13.0. The van der Waals surface area contributed by atoms with Crippen LogP contribution in [0.4, 0.5) is 16.8 Å². The summed E-state index contributed by atoms with van der Waals surface area (Å²) in [5.74, 6) is 1.97. The van der Waals surface area contributed by atoms with E-state index in [1.54, 1.807) is 18.4 Å². The van der Waals surface area contributed by atoms with Crippen molar-refractivity contribution in [2.24, 2.45) is 0 Å². The predicted octanol–water partition coefficient (Wildman–Crippen LogP) is 3.02. The maximum atomic E-state index is 11.8. The number of nitrogens with one attached hydrogen (secondary N) is 4. The lowest BCUT2D eigenvalue weighted by atomic mass is 10.2. The number of anilines is 3. The van der Waals surface area contributed by atoms with Gasteiger partial charge in [0.1, 0.15) is 17.5 Å². The first-order valence-electron chi connectivity index (χ1n) is 9.86. The zero-order chi connectivity index (χ0) is 21.3. The van der Waals surface area contributed by atoms with Crippen molar-refractivity contribution in [3.05, 3.63) is 53.3 Å². The standard InChI is InChI=1S/C21H27N7OS/c1-14(22-3)20(29)24-11-10-23-18-12-19(27-15(2)26-18)28-21-25-13-17(30-21)16-8-6-4-5-7-9-16/h4,6-9,12-14,22H,5,10-11H2,1-3H3,(H,24,29)(H2,23,25,26,27,28)/t14-/m0/s1. The number of amides is 1. The van der Waals surface area contributed by atoms with Crippen molar-refractivity contribution in [3.8, 4) is 0 Å². The molecule has 0 saturated heterocycles. The number of aromatic nitrogens is 3. The lowest BCUT2D eigenvalue weighted by Crippen LogP contribution is -2.42. The summed E-state index contributed by atoms with van der Waals surface area (Å²) in [5.41, 5.74) is 1.14. The third-order valence-electron chi connectivity index (χ3n) is 4.40. The van der Waals surface area contributed by atoms with Crippen LogP contribution < -0.4 is 21.3 Å². The average molecular weight is 426 g/mol. The maximum absolute atomic E-state index is 11.8. The molecule has 0 aliphatic heterocycles. The molecule has 2 aromatic heterocycles. The van der Waals surface area contributed by atoms with Crippen molar-refractivity contribution < 1.29 is 4.79 Å². The van der Waals surface area contributed by atoms with Crippen LogP contribution >= 0.6 is 11.3 Å². The normalized spacial score (nSPS) is 14.0. The minimum atomic E-state index is -0.217. The van der Waals surface area contributed by atoms with Crippen LogP contribution in [0.15, 0.2) is 42.6 Å². The Bertz CT molecular complexity index is 964. The van der Waals surface area contributed by atoms with Crippen LogP contribution in [0.2, 0.25) is 0 Å². The summed E-state index contributed by atoms with van der Waals surface area (Å²) < 4.78 is 0. The summed E-state index contributed by atoms with van der Waals surface area (Å²) in [6, 6.07) is 1.62. The molecular formula is C21H27N7OS. The number of allylic oxidation sites excluding steroid dienone is 6. The van der Waals surface area contributed by atoms with Crippen LogP contribution in [-0.2, 0) is 4.79 Å². The van der Waals surface area contributed by atoms with Crippen LogP contribution in [0.25, 0.3) is 5.57 Å². The van der Waals surface area contributed by atoms with Gasteiger partial charge in [0, 0.05) is 25.4 Å². The summed E-state index contributed by atoms with van der Waals surface area (Å²) in [4.78, 5) is 26.2. The fourth-order valence-electron chi connectivity index (χ4n) is 2.70. The van der Waals surface area contributed by atoms with Gasteiger partial charge in [0.05, 0.1) is 10.9 Å². The number of rotatable bonds is 9. The number of hydrogen-bond acceptors (Lipinski definition) is 8. The van der Waals surface area contributed by atoms with Crippen LogP contribution in [0.3, 0.4) is 0 Å². The topological polar surface area (TPSA) is 104 Å². The Morgan fingerprint density at radius 1 is 1.23 bits per heavy atom. The Morgan fingerprint density at radius 3 is 2.90 bits per heavy atom. The molecule has 4 N–H and O–H groups in total. The summed E-state index contributed by atoms with van der Waals surface area (Å²) in [7, 11) is 1.76. The average Bonchev–Trinajstić information content (AvgIpc) is 3.02. The number of aryl methyl sites for hydroxylation is 1. The number of hydrogen-bond donors (Lipinski definition) is 4. The predicted molar refractivity (Wildman–Crippen MR) is 123 cm³/mol. The molecule has 2 heterocycles. The Hall–Kier alpha value is -3.04. The van der Waals surface area contributed by atoms with Gasteiger partial charge in [0.15, 0.2) is 5.13 Å². The number of thiazole rings is 1. The third-order valence-corrected chi connectivity index (χ3v) is 5.36. The maximum Gasteiger partial charge on any atom is 0.236 e. The molecule has 9 heteroatoms. The molecule has 0 unspecified atom stereocenters. The first-order chi connectivity index (χ1) is 14.5. The number of likely N-dealkylation sites (N-methyl/N-ethyl adjacent to an activating group) is 1. The van der Waals surface area contributed by atoms with Gasteiger partial charge in [-0.3, -0.25) is 4.79 Å². The molecule has 0 aromatic carbocycles. The molecule has 3 rings (SSSR count). The molecule has 30 heavy (non-hydrogen) atoms. The van der Waals surface area contributed by atoms with Crippen molar-refractivity contribution in [1.29, 1.82) is 0 Å². The molecule has 1 aliphatic carbocycles. The molecule has 0 bridgehead atoms. The van der Waals surface area contributed by atoms with Crippen LogP contribution in [0, 0.1) is 6.92 Å². The monoisotopic (exact) mass is 425 g/mol. The molecule has 0 fully saturated rings. The lowest BCUT2D eigenvalue weighted by Gasteiger charge is -2.12. The molecule has 8 nitrogen and oxygen atoms in total. The van der Waals surface area contributed by atoms with Crippen molar-refractivity contribution in [1.82, 2.24) is 25.6 Å². The Kier molecular flexibility index (Phi) is 7.69. The van der Waals surface area contributed by atoms with Crippen molar-refractivity contribution in [3.63, 3.8) is 0 Å². The Morgan fingerprint density at radius 2 is 2.07 bits per heavy atom. The van der Waals surface area contributed by atoms with Gasteiger partial charge in [-0.15, -0.1) is 0 Å². The SMILES string of the molecule is CN[C@@H](C)C(=O)NCCNc1cc(Nc2ncc(C3=CC=CCC=C3)s2)nc(C)n1. The Balaban J connectivity index is 1.58. The third kappa shape index (κ3) is 6.23. The van der Waals surface area contributed by atoms with E-state index in [-0.39, 0.29) is 11.9 Å². The van der Waals surface area contributed by atoms with Gasteiger partial charge in [0.25, 0.3) is 0 Å². The zero-order valence-electron chi connectivity index (χ0n) is 17.4. The number of carbonyl (C=O) groups excluding carboxylic acids is 1. The lowest BCUT2D eigenvalue weighted by molar-refractivity contribution is -0.122. The molecule has 158 valence electrons. The largest absolute Gasteiger partial charge is 0.368 e. The van der Waals surface area contributed by atoms with E-state index in [9.17, 15) is 4.79 Å². The van der Waals surface area contributed by atoms with Gasteiger partial charge in [-0.2, -0.15) is 0 Å². The van der Waals surface area contributed by atoms with Crippen LogP contribution in [0.5, 0.6) is 0 Å². The highest BCUT2D eigenvalue weighted by molar-refractivity contribution is 7.16. The highest BCUT2D eigenvalue weighted by atomic mass is 32.1. The second kappa shape index (κ2) is 10.7. The van der Waals surface area contributed by atoms with Crippen molar-refractivity contribution in [2.75, 3.05) is 30.8 Å². The molecular weight excluding hydrogens is 398 g/mol. The van der Waals surface area contributed by atoms with E-state index in [2.05, 4.69) is 66.6 Å². The van der Waals surface area contributed by atoms with Gasteiger partial charge < -0.3 is 21.3 Å². The molecule has 1 atom stereocenters. The molecule has 0 saturated carbocycles. The molecule has 0 spiro atoms. The molecule has 0 radical (unpaired) electrons. The molecule has 1 amide bonds. The quantitative estimate of drug-likeness (QED) is 0.458. The van der Waals surface area contributed by atoms with Crippen molar-refractivity contribution in [2.45, 2.75) is 26.3 Å². The molecule has 1 aliphatic rings. The summed E-state index contributed by atoms with van der Waals surface area (Å²) in [6.45, 7) is 4.72. The first-order valence-corrected chi connectivity index (χ1v) is 10.7. The van der Waals surface area contributed by atoms with E-state index >= 15 is 0 Å².